The van der Waals surface area contributed by atoms with Gasteiger partial charge in [0.25, 0.3) is 5.91 Å². The van der Waals surface area contributed by atoms with Crippen molar-refractivity contribution in [2.45, 2.75) is 6.92 Å². The highest BCUT2D eigenvalue weighted by Gasteiger charge is 2.15. The van der Waals surface area contributed by atoms with E-state index in [-0.39, 0.29) is 5.91 Å². The van der Waals surface area contributed by atoms with Crippen LogP contribution in [0.15, 0.2) is 40.3 Å². The van der Waals surface area contributed by atoms with Gasteiger partial charge in [-0.1, -0.05) is 23.2 Å². The van der Waals surface area contributed by atoms with Crippen molar-refractivity contribution in [1.29, 1.82) is 0 Å². The lowest BCUT2D eigenvalue weighted by molar-refractivity contribution is 0.102. The third kappa shape index (κ3) is 2.81. The number of aromatic nitrogens is 1. The zero-order chi connectivity index (χ0) is 15.0. The Balaban J connectivity index is 2.02. The Kier molecular flexibility index (Phi) is 3.97. The topological polar surface area (TPSA) is 42.0 Å². The third-order valence-corrected chi connectivity index (χ3v) is 4.86. The Morgan fingerprint density at radius 2 is 2.14 bits per heavy atom. The zero-order valence-electron chi connectivity index (χ0n) is 11.0. The molecule has 0 spiro atoms. The fourth-order valence-corrected chi connectivity index (χ4v) is 3.33. The van der Waals surface area contributed by atoms with Crippen LogP contribution >= 0.6 is 38.9 Å². The van der Waals surface area contributed by atoms with E-state index in [2.05, 4.69) is 26.2 Å². The van der Waals surface area contributed by atoms with E-state index in [9.17, 15) is 4.79 Å². The predicted octanol–water partition coefficient (Wildman–Crippen LogP) is 5.27. The predicted molar refractivity (Wildman–Crippen MR) is 91.5 cm³/mol. The molecule has 0 saturated carbocycles. The average molecular weight is 382 g/mol. The summed E-state index contributed by atoms with van der Waals surface area (Å²) in [6, 6.07) is 9.29. The van der Waals surface area contributed by atoms with Crippen LogP contribution in [-0.2, 0) is 0 Å². The van der Waals surface area contributed by atoms with Gasteiger partial charge in [0.05, 0.1) is 26.5 Å². The number of carbonyl (C=O) groups is 1. The van der Waals surface area contributed by atoms with Crippen LogP contribution in [0.25, 0.3) is 10.2 Å². The molecule has 0 aliphatic rings. The maximum atomic E-state index is 12.5. The number of amides is 1. The summed E-state index contributed by atoms with van der Waals surface area (Å²) >= 11 is 11.1. The van der Waals surface area contributed by atoms with Crippen LogP contribution in [0.4, 0.5) is 5.69 Å². The van der Waals surface area contributed by atoms with Gasteiger partial charge in [-0.05, 0) is 47.1 Å². The van der Waals surface area contributed by atoms with Gasteiger partial charge in [0.2, 0.25) is 0 Å². The second-order valence-electron chi connectivity index (χ2n) is 4.56. The molecule has 1 aromatic heterocycles. The van der Waals surface area contributed by atoms with E-state index >= 15 is 0 Å². The van der Waals surface area contributed by atoms with Crippen LogP contribution in [-0.4, -0.2) is 10.9 Å². The van der Waals surface area contributed by atoms with E-state index in [0.717, 1.165) is 14.7 Å². The van der Waals surface area contributed by atoms with E-state index in [1.54, 1.807) is 11.6 Å². The van der Waals surface area contributed by atoms with Gasteiger partial charge in [-0.25, -0.2) is 4.98 Å². The van der Waals surface area contributed by atoms with Gasteiger partial charge in [0.1, 0.15) is 5.52 Å². The highest BCUT2D eigenvalue weighted by molar-refractivity contribution is 9.10. The second-order valence-corrected chi connectivity index (χ2v) is 6.71. The van der Waals surface area contributed by atoms with Gasteiger partial charge in [-0.3, -0.25) is 4.79 Å². The van der Waals surface area contributed by atoms with Crippen LogP contribution in [0.5, 0.6) is 0 Å². The van der Waals surface area contributed by atoms with Crippen molar-refractivity contribution in [2.24, 2.45) is 0 Å². The van der Waals surface area contributed by atoms with Crippen LogP contribution in [0.2, 0.25) is 5.02 Å². The van der Waals surface area contributed by atoms with Crippen LogP contribution < -0.4 is 5.32 Å². The summed E-state index contributed by atoms with van der Waals surface area (Å²) in [5.74, 6) is -0.215. The number of benzene rings is 2. The maximum absolute atomic E-state index is 12.5. The number of aryl methyl sites for hydroxylation is 1. The van der Waals surface area contributed by atoms with E-state index in [1.165, 1.54) is 11.3 Å². The minimum atomic E-state index is -0.215. The van der Waals surface area contributed by atoms with E-state index < -0.39 is 0 Å². The van der Waals surface area contributed by atoms with E-state index in [0.29, 0.717) is 21.8 Å². The standard InChI is InChI=1S/C15H10BrClN2OS/c1-8-2-3-10(16)9(6-8)15(20)19-13-11(17)4-5-12-14(13)18-7-21-12/h2-7H,1H3,(H,19,20). The number of halogens is 2. The maximum Gasteiger partial charge on any atom is 0.256 e. The molecule has 1 heterocycles. The molecule has 6 heteroatoms. The van der Waals surface area contributed by atoms with E-state index in [1.807, 2.05) is 31.2 Å². The molecule has 106 valence electrons. The summed E-state index contributed by atoms with van der Waals surface area (Å²) in [5.41, 5.74) is 4.58. The summed E-state index contributed by atoms with van der Waals surface area (Å²) in [6.07, 6.45) is 0. The molecule has 3 aromatic rings. The van der Waals surface area contributed by atoms with Gasteiger partial charge in [0, 0.05) is 4.47 Å². The molecule has 21 heavy (non-hydrogen) atoms. The summed E-state index contributed by atoms with van der Waals surface area (Å²) in [4.78, 5) is 16.8. The summed E-state index contributed by atoms with van der Waals surface area (Å²) in [6.45, 7) is 1.94. The molecule has 0 atom stereocenters. The summed E-state index contributed by atoms with van der Waals surface area (Å²) in [7, 11) is 0. The lowest BCUT2D eigenvalue weighted by Gasteiger charge is -2.10. The molecule has 0 fully saturated rings. The van der Waals surface area contributed by atoms with Crippen molar-refractivity contribution in [1.82, 2.24) is 4.98 Å². The van der Waals surface area contributed by atoms with Gasteiger partial charge in [-0.2, -0.15) is 0 Å². The van der Waals surface area contributed by atoms with Gasteiger partial charge < -0.3 is 5.32 Å². The third-order valence-electron chi connectivity index (χ3n) is 3.06. The average Bonchev–Trinajstić information content (AvgIpc) is 2.93. The first-order valence-electron chi connectivity index (χ1n) is 6.15. The number of carbonyl (C=O) groups excluding carboxylic acids is 1. The van der Waals surface area contributed by atoms with Crippen LogP contribution in [0, 0.1) is 6.92 Å². The number of nitrogens with zero attached hydrogens (tertiary/aromatic N) is 1. The highest BCUT2D eigenvalue weighted by atomic mass is 79.9. The molecular weight excluding hydrogens is 372 g/mol. The Bertz CT molecular complexity index is 847. The van der Waals surface area contributed by atoms with E-state index in [4.69, 9.17) is 11.6 Å². The van der Waals surface area contributed by atoms with Crippen LogP contribution in [0.3, 0.4) is 0 Å². The highest BCUT2D eigenvalue weighted by Crippen LogP contribution is 2.33. The molecule has 0 aliphatic carbocycles. The van der Waals surface area contributed by atoms with Crippen molar-refractivity contribution in [3.63, 3.8) is 0 Å². The normalized spacial score (nSPS) is 10.8. The number of hydrogen-bond acceptors (Lipinski definition) is 3. The smallest absolute Gasteiger partial charge is 0.256 e. The summed E-state index contributed by atoms with van der Waals surface area (Å²) < 4.78 is 1.73. The van der Waals surface area contributed by atoms with Crippen molar-refractivity contribution >= 4 is 60.7 Å². The first-order chi connectivity index (χ1) is 10.1. The minimum Gasteiger partial charge on any atom is -0.319 e. The molecule has 0 unspecified atom stereocenters. The SMILES string of the molecule is Cc1ccc(Br)c(C(=O)Nc2c(Cl)ccc3scnc23)c1. The Labute approximate surface area is 139 Å². The number of hydrogen-bond donors (Lipinski definition) is 1. The fourth-order valence-electron chi connectivity index (χ4n) is 2.02. The van der Waals surface area contributed by atoms with Gasteiger partial charge >= 0.3 is 0 Å². The lowest BCUT2D eigenvalue weighted by Crippen LogP contribution is -2.13. The molecule has 0 bridgehead atoms. The van der Waals surface area contributed by atoms with Gasteiger partial charge in [-0.15, -0.1) is 11.3 Å². The largest absolute Gasteiger partial charge is 0.319 e. The number of rotatable bonds is 2. The zero-order valence-corrected chi connectivity index (χ0v) is 14.1. The van der Waals surface area contributed by atoms with Crippen molar-refractivity contribution in [2.75, 3.05) is 5.32 Å². The molecular formula is C15H10BrClN2OS. The van der Waals surface area contributed by atoms with Crippen LogP contribution in [0.1, 0.15) is 15.9 Å². The molecule has 3 nitrogen and oxygen atoms in total. The molecule has 1 N–H and O–H groups in total. The van der Waals surface area contributed by atoms with Crippen molar-refractivity contribution in [3.05, 3.63) is 56.5 Å². The first-order valence-corrected chi connectivity index (χ1v) is 8.20. The monoisotopic (exact) mass is 380 g/mol. The Morgan fingerprint density at radius 3 is 2.95 bits per heavy atom. The van der Waals surface area contributed by atoms with Crippen molar-refractivity contribution < 1.29 is 4.79 Å². The second kappa shape index (κ2) is 5.75. The lowest BCUT2D eigenvalue weighted by atomic mass is 10.1. The Hall–Kier alpha value is -1.43. The molecule has 0 radical (unpaired) electrons. The Morgan fingerprint density at radius 1 is 1.33 bits per heavy atom. The fraction of sp³-hybridized carbons (Fsp3) is 0.0667. The first kappa shape index (κ1) is 14.5. The number of anilines is 1. The minimum absolute atomic E-state index is 0.215. The molecule has 0 saturated heterocycles. The molecule has 0 aliphatic heterocycles. The van der Waals surface area contributed by atoms with Gasteiger partial charge in [0.15, 0.2) is 0 Å². The van der Waals surface area contributed by atoms with Crippen molar-refractivity contribution in [3.8, 4) is 0 Å². The summed E-state index contributed by atoms with van der Waals surface area (Å²) in [5, 5.41) is 3.34. The number of fused-ring (bicyclic) bond motifs is 1. The molecule has 3 rings (SSSR count). The quantitative estimate of drug-likeness (QED) is 0.657. The number of thiazole rings is 1. The molecule has 1 amide bonds. The molecule has 2 aromatic carbocycles. The number of nitrogens with one attached hydrogen (secondary N) is 1.